The average molecular weight is 362 g/mol. The van der Waals surface area contributed by atoms with Gasteiger partial charge in [0.25, 0.3) is 11.5 Å². The van der Waals surface area contributed by atoms with E-state index in [0.717, 1.165) is 23.2 Å². The van der Waals surface area contributed by atoms with Gasteiger partial charge in [-0.05, 0) is 56.4 Å². The third-order valence-electron chi connectivity index (χ3n) is 4.18. The van der Waals surface area contributed by atoms with Crippen molar-refractivity contribution in [2.24, 2.45) is 0 Å². The smallest absolute Gasteiger partial charge is 0.264 e. The van der Waals surface area contributed by atoms with E-state index in [1.165, 1.54) is 6.07 Å². The zero-order chi connectivity index (χ0) is 19.4. The Morgan fingerprint density at radius 3 is 2.44 bits per heavy atom. The van der Waals surface area contributed by atoms with Crippen molar-refractivity contribution in [3.05, 3.63) is 81.6 Å². The lowest BCUT2D eigenvalue weighted by Gasteiger charge is -2.12. The van der Waals surface area contributed by atoms with Crippen LogP contribution in [0, 0.1) is 6.92 Å². The molecule has 0 aliphatic carbocycles. The number of nitrogens with zero attached hydrogens (tertiary/aromatic N) is 2. The van der Waals surface area contributed by atoms with Gasteiger partial charge in [-0.15, -0.1) is 0 Å². The number of aromatic amines is 1. The highest BCUT2D eigenvalue weighted by atomic mass is 16.1. The minimum absolute atomic E-state index is 0.166. The van der Waals surface area contributed by atoms with E-state index < -0.39 is 0 Å². The van der Waals surface area contributed by atoms with Gasteiger partial charge in [-0.25, -0.2) is 5.10 Å². The van der Waals surface area contributed by atoms with E-state index in [2.05, 4.69) is 20.4 Å². The standard InChI is InChI=1S/C21H22N4O2/c1-14-4-7-17(18-10-11-20(26)24-23-18)12-19(14)22-21(27)16-8-5-15(6-9-16)13-25(2)3/h4-12H,13H2,1-3H3,(H,22,27)(H,24,26). The summed E-state index contributed by atoms with van der Waals surface area (Å²) in [6.45, 7) is 2.76. The molecule has 6 heteroatoms. The molecule has 0 aliphatic heterocycles. The first-order chi connectivity index (χ1) is 12.9. The topological polar surface area (TPSA) is 78.1 Å². The first-order valence-electron chi connectivity index (χ1n) is 8.64. The van der Waals surface area contributed by atoms with Crippen LogP contribution in [-0.4, -0.2) is 35.1 Å². The molecule has 0 spiro atoms. The molecule has 1 heterocycles. The Labute approximate surface area is 157 Å². The van der Waals surface area contributed by atoms with Gasteiger partial charge in [0.1, 0.15) is 0 Å². The predicted octanol–water partition coefficient (Wildman–Crippen LogP) is 3.06. The number of amides is 1. The number of benzene rings is 2. The number of H-pyrrole nitrogens is 1. The molecule has 0 fully saturated rings. The van der Waals surface area contributed by atoms with Crippen molar-refractivity contribution < 1.29 is 4.79 Å². The summed E-state index contributed by atoms with van der Waals surface area (Å²) in [7, 11) is 4.02. The molecule has 27 heavy (non-hydrogen) atoms. The number of aryl methyl sites for hydroxylation is 1. The van der Waals surface area contributed by atoms with Gasteiger partial charge >= 0.3 is 0 Å². The van der Waals surface area contributed by atoms with Gasteiger partial charge in [0.05, 0.1) is 5.69 Å². The fraction of sp³-hybridized carbons (Fsp3) is 0.190. The molecule has 0 bridgehead atoms. The average Bonchev–Trinajstić information content (AvgIpc) is 2.64. The number of carbonyl (C=O) groups is 1. The Kier molecular flexibility index (Phi) is 5.47. The highest BCUT2D eigenvalue weighted by molar-refractivity contribution is 6.04. The second-order valence-electron chi connectivity index (χ2n) is 6.72. The zero-order valence-corrected chi connectivity index (χ0v) is 15.6. The fourth-order valence-electron chi connectivity index (χ4n) is 2.74. The van der Waals surface area contributed by atoms with Crippen molar-refractivity contribution in [1.82, 2.24) is 15.1 Å². The maximum absolute atomic E-state index is 12.6. The largest absolute Gasteiger partial charge is 0.322 e. The molecule has 0 atom stereocenters. The van der Waals surface area contributed by atoms with Gasteiger partial charge in [0.2, 0.25) is 0 Å². The molecule has 1 aromatic heterocycles. The van der Waals surface area contributed by atoms with E-state index in [9.17, 15) is 9.59 Å². The van der Waals surface area contributed by atoms with Crippen LogP contribution >= 0.6 is 0 Å². The second-order valence-corrected chi connectivity index (χ2v) is 6.72. The molecule has 1 amide bonds. The number of hydrogen-bond donors (Lipinski definition) is 2. The summed E-state index contributed by atoms with van der Waals surface area (Å²) >= 11 is 0. The Balaban J connectivity index is 1.80. The van der Waals surface area contributed by atoms with Crippen molar-refractivity contribution in [2.45, 2.75) is 13.5 Å². The highest BCUT2D eigenvalue weighted by Gasteiger charge is 2.10. The van der Waals surface area contributed by atoms with E-state index in [4.69, 9.17) is 0 Å². The summed E-state index contributed by atoms with van der Waals surface area (Å²) in [5.74, 6) is -0.166. The summed E-state index contributed by atoms with van der Waals surface area (Å²) in [4.78, 5) is 25.9. The molecule has 0 aliphatic rings. The number of nitrogens with one attached hydrogen (secondary N) is 2. The van der Waals surface area contributed by atoms with Gasteiger partial charge in [0, 0.05) is 29.4 Å². The monoisotopic (exact) mass is 362 g/mol. The Morgan fingerprint density at radius 2 is 1.81 bits per heavy atom. The molecule has 2 aromatic carbocycles. The van der Waals surface area contributed by atoms with Crippen LogP contribution in [0.4, 0.5) is 5.69 Å². The van der Waals surface area contributed by atoms with Gasteiger partial charge in [0.15, 0.2) is 0 Å². The summed E-state index contributed by atoms with van der Waals surface area (Å²) in [6, 6.07) is 16.3. The minimum atomic E-state index is -0.253. The molecule has 0 radical (unpaired) electrons. The Hall–Kier alpha value is -3.25. The quantitative estimate of drug-likeness (QED) is 0.731. The van der Waals surface area contributed by atoms with Crippen LogP contribution in [0.25, 0.3) is 11.3 Å². The van der Waals surface area contributed by atoms with E-state index in [1.54, 1.807) is 6.07 Å². The van der Waals surface area contributed by atoms with Crippen LogP contribution in [0.15, 0.2) is 59.4 Å². The van der Waals surface area contributed by atoms with Crippen LogP contribution < -0.4 is 10.9 Å². The van der Waals surface area contributed by atoms with E-state index in [-0.39, 0.29) is 11.5 Å². The highest BCUT2D eigenvalue weighted by Crippen LogP contribution is 2.24. The minimum Gasteiger partial charge on any atom is -0.322 e. The van der Waals surface area contributed by atoms with E-state index in [0.29, 0.717) is 16.9 Å². The number of anilines is 1. The fourth-order valence-corrected chi connectivity index (χ4v) is 2.74. The summed E-state index contributed by atoms with van der Waals surface area (Å²) in [6.07, 6.45) is 0. The van der Waals surface area contributed by atoms with Crippen molar-refractivity contribution in [1.29, 1.82) is 0 Å². The second kappa shape index (κ2) is 7.97. The predicted molar refractivity (Wildman–Crippen MR) is 107 cm³/mol. The Morgan fingerprint density at radius 1 is 1.07 bits per heavy atom. The van der Waals surface area contributed by atoms with E-state index >= 15 is 0 Å². The van der Waals surface area contributed by atoms with Gasteiger partial charge in [-0.3, -0.25) is 9.59 Å². The number of rotatable bonds is 5. The first-order valence-corrected chi connectivity index (χ1v) is 8.64. The number of aromatic nitrogens is 2. The molecule has 0 unspecified atom stereocenters. The SMILES string of the molecule is Cc1ccc(-c2ccc(=O)[nH]n2)cc1NC(=O)c1ccc(CN(C)C)cc1. The molecular weight excluding hydrogens is 340 g/mol. The number of carbonyl (C=O) groups excluding carboxylic acids is 1. The number of hydrogen-bond acceptors (Lipinski definition) is 4. The zero-order valence-electron chi connectivity index (χ0n) is 15.6. The summed E-state index contributed by atoms with van der Waals surface area (Å²) < 4.78 is 0. The lowest BCUT2D eigenvalue weighted by molar-refractivity contribution is 0.102. The van der Waals surface area contributed by atoms with Crippen molar-refractivity contribution >= 4 is 11.6 Å². The Bertz CT molecular complexity index is 987. The third-order valence-corrected chi connectivity index (χ3v) is 4.18. The molecule has 3 aromatic rings. The van der Waals surface area contributed by atoms with Crippen LogP contribution in [0.3, 0.4) is 0 Å². The van der Waals surface area contributed by atoms with Gasteiger partial charge < -0.3 is 10.2 Å². The molecule has 0 saturated carbocycles. The molecule has 3 rings (SSSR count). The van der Waals surface area contributed by atoms with Crippen molar-refractivity contribution in [2.75, 3.05) is 19.4 Å². The molecule has 138 valence electrons. The maximum Gasteiger partial charge on any atom is 0.264 e. The van der Waals surface area contributed by atoms with Gasteiger partial charge in [-0.1, -0.05) is 24.3 Å². The maximum atomic E-state index is 12.6. The van der Waals surface area contributed by atoms with Crippen LogP contribution in [0.1, 0.15) is 21.5 Å². The lowest BCUT2D eigenvalue weighted by atomic mass is 10.1. The molecule has 6 nitrogen and oxygen atoms in total. The molecular formula is C21H22N4O2. The van der Waals surface area contributed by atoms with Crippen molar-refractivity contribution in [3.63, 3.8) is 0 Å². The molecule has 0 saturated heterocycles. The third kappa shape index (κ3) is 4.68. The summed E-state index contributed by atoms with van der Waals surface area (Å²) in [5, 5.41) is 9.42. The first kappa shape index (κ1) is 18.5. The van der Waals surface area contributed by atoms with Crippen LogP contribution in [-0.2, 0) is 6.54 Å². The van der Waals surface area contributed by atoms with Crippen LogP contribution in [0.5, 0.6) is 0 Å². The normalized spacial score (nSPS) is 10.8. The molecule has 2 N–H and O–H groups in total. The van der Waals surface area contributed by atoms with Gasteiger partial charge in [-0.2, -0.15) is 5.10 Å². The van der Waals surface area contributed by atoms with Crippen LogP contribution in [0.2, 0.25) is 0 Å². The van der Waals surface area contributed by atoms with Crippen molar-refractivity contribution in [3.8, 4) is 11.3 Å². The van der Waals surface area contributed by atoms with E-state index in [1.807, 2.05) is 63.5 Å². The lowest BCUT2D eigenvalue weighted by Crippen LogP contribution is -2.14. The summed E-state index contributed by atoms with van der Waals surface area (Å²) in [5.41, 5.74) is 4.61.